The number of urea groups is 1. The zero-order valence-corrected chi connectivity index (χ0v) is 18.1. The minimum absolute atomic E-state index is 0.385. The highest BCUT2D eigenvalue weighted by Crippen LogP contribution is 2.29. The van der Waals surface area contributed by atoms with E-state index in [9.17, 15) is 14.4 Å². The predicted molar refractivity (Wildman–Crippen MR) is 120 cm³/mol. The molecule has 1 unspecified atom stereocenters. The summed E-state index contributed by atoms with van der Waals surface area (Å²) < 4.78 is 0. The van der Waals surface area contributed by atoms with E-state index < -0.39 is 23.4 Å². The molecule has 2 N–H and O–H groups in total. The van der Waals surface area contributed by atoms with Crippen LogP contribution in [0, 0.1) is 18.3 Å². The lowest BCUT2D eigenvalue weighted by Crippen LogP contribution is -2.42. The molecular weight excluding hydrogens is 406 g/mol. The van der Waals surface area contributed by atoms with Crippen molar-refractivity contribution in [3.05, 3.63) is 59.2 Å². The van der Waals surface area contributed by atoms with Gasteiger partial charge in [0.25, 0.3) is 5.91 Å². The van der Waals surface area contributed by atoms with Gasteiger partial charge < -0.3 is 15.5 Å². The minimum atomic E-state index is -1.29. The molecule has 2 fully saturated rings. The summed E-state index contributed by atoms with van der Waals surface area (Å²) in [5.74, 6) is -0.960. The van der Waals surface area contributed by atoms with Crippen molar-refractivity contribution in [3.8, 4) is 6.07 Å². The maximum absolute atomic E-state index is 13.0. The summed E-state index contributed by atoms with van der Waals surface area (Å²) in [5.41, 5.74) is 2.41. The van der Waals surface area contributed by atoms with Crippen LogP contribution >= 0.6 is 0 Å². The fraction of sp³-hybridized carbons (Fsp3) is 0.333. The first kappa shape index (κ1) is 21.4. The van der Waals surface area contributed by atoms with Gasteiger partial charge in [-0.3, -0.25) is 14.5 Å². The van der Waals surface area contributed by atoms with Crippen LogP contribution in [0.5, 0.6) is 0 Å². The quantitative estimate of drug-likeness (QED) is 0.708. The molecule has 164 valence electrons. The Morgan fingerprint density at radius 1 is 1.16 bits per heavy atom. The van der Waals surface area contributed by atoms with Crippen molar-refractivity contribution >= 4 is 29.2 Å². The summed E-state index contributed by atoms with van der Waals surface area (Å²) in [7, 11) is 0. The Kier molecular flexibility index (Phi) is 5.57. The molecule has 2 aliphatic heterocycles. The lowest BCUT2D eigenvalue weighted by molar-refractivity contribution is -0.133. The van der Waals surface area contributed by atoms with Gasteiger partial charge in [0.05, 0.1) is 11.6 Å². The molecule has 2 aliphatic rings. The van der Waals surface area contributed by atoms with Crippen LogP contribution in [0.15, 0.2) is 42.5 Å². The second-order valence-electron chi connectivity index (χ2n) is 8.38. The molecule has 2 aromatic rings. The second-order valence-corrected chi connectivity index (χ2v) is 8.38. The minimum Gasteiger partial charge on any atom is -0.372 e. The number of hydrogen-bond donors (Lipinski definition) is 2. The van der Waals surface area contributed by atoms with E-state index in [4.69, 9.17) is 5.26 Å². The number of aryl methyl sites for hydroxylation is 1. The van der Waals surface area contributed by atoms with Crippen LogP contribution in [0.4, 0.5) is 16.2 Å². The van der Waals surface area contributed by atoms with Gasteiger partial charge in [-0.15, -0.1) is 0 Å². The van der Waals surface area contributed by atoms with Crippen LogP contribution in [0.3, 0.4) is 0 Å². The molecule has 2 aromatic carbocycles. The van der Waals surface area contributed by atoms with Crippen molar-refractivity contribution in [2.45, 2.75) is 32.2 Å². The number of imide groups is 1. The molecule has 0 saturated carbocycles. The number of rotatable bonds is 5. The average molecular weight is 431 g/mol. The van der Waals surface area contributed by atoms with Gasteiger partial charge in [0, 0.05) is 24.5 Å². The molecule has 4 rings (SSSR count). The summed E-state index contributed by atoms with van der Waals surface area (Å²) in [6, 6.07) is 13.7. The fourth-order valence-electron chi connectivity index (χ4n) is 4.21. The predicted octanol–water partition coefficient (Wildman–Crippen LogP) is 2.87. The molecule has 0 aliphatic carbocycles. The maximum atomic E-state index is 13.0. The zero-order chi connectivity index (χ0) is 22.9. The first-order valence-corrected chi connectivity index (χ1v) is 10.6. The highest BCUT2D eigenvalue weighted by Gasteiger charge is 2.49. The number of anilines is 2. The normalized spacial score (nSPS) is 20.3. The van der Waals surface area contributed by atoms with Crippen LogP contribution in [0.25, 0.3) is 0 Å². The van der Waals surface area contributed by atoms with Crippen LogP contribution in [-0.2, 0) is 15.1 Å². The van der Waals surface area contributed by atoms with Crippen molar-refractivity contribution in [1.82, 2.24) is 10.2 Å². The summed E-state index contributed by atoms with van der Waals surface area (Å²) >= 11 is 0. The summed E-state index contributed by atoms with van der Waals surface area (Å²) in [4.78, 5) is 41.4. The van der Waals surface area contributed by atoms with Gasteiger partial charge in [-0.2, -0.15) is 5.26 Å². The van der Waals surface area contributed by atoms with Gasteiger partial charge >= 0.3 is 6.03 Å². The van der Waals surface area contributed by atoms with Crippen molar-refractivity contribution in [1.29, 1.82) is 5.26 Å². The van der Waals surface area contributed by atoms with Crippen LogP contribution in [0.2, 0.25) is 0 Å². The third-order valence-electron chi connectivity index (χ3n) is 6.12. The zero-order valence-electron chi connectivity index (χ0n) is 18.1. The molecule has 1 atom stereocenters. The highest BCUT2D eigenvalue weighted by atomic mass is 16.2. The molecule has 0 bridgehead atoms. The number of carbonyl (C=O) groups is 3. The number of carbonyl (C=O) groups excluding carboxylic acids is 3. The van der Waals surface area contributed by atoms with Gasteiger partial charge in [0.2, 0.25) is 5.91 Å². The third kappa shape index (κ3) is 3.89. The largest absolute Gasteiger partial charge is 0.372 e. The lowest BCUT2D eigenvalue weighted by Gasteiger charge is -2.22. The molecule has 4 amide bonds. The molecule has 2 heterocycles. The van der Waals surface area contributed by atoms with Crippen LogP contribution in [0.1, 0.15) is 36.5 Å². The standard InChI is InChI=1S/C24H25N5O3/c1-16-13-19(28-11-3-4-12-28)9-10-20(16)26-21(30)15-29-22(31)24(2,27-23(29)32)18-7-5-17(14-25)6-8-18/h5-10,13H,3-4,11-12,15H2,1-2H3,(H,26,30)(H,27,32). The SMILES string of the molecule is Cc1cc(N2CCCC2)ccc1NC(=O)CN1C(=O)NC(C)(c2ccc(C#N)cc2)C1=O. The maximum Gasteiger partial charge on any atom is 0.325 e. The van der Waals surface area contributed by atoms with E-state index >= 15 is 0 Å². The van der Waals surface area contributed by atoms with E-state index in [2.05, 4.69) is 15.5 Å². The lowest BCUT2D eigenvalue weighted by atomic mass is 9.91. The Hall–Kier alpha value is -3.86. The summed E-state index contributed by atoms with van der Waals surface area (Å²) in [5, 5.41) is 14.4. The van der Waals surface area contributed by atoms with Gasteiger partial charge in [-0.25, -0.2) is 4.79 Å². The summed E-state index contributed by atoms with van der Waals surface area (Å²) in [6.07, 6.45) is 2.37. The van der Waals surface area contributed by atoms with E-state index in [0.717, 1.165) is 29.2 Å². The van der Waals surface area contributed by atoms with E-state index in [1.807, 2.05) is 31.2 Å². The third-order valence-corrected chi connectivity index (χ3v) is 6.12. The number of nitrogens with one attached hydrogen (secondary N) is 2. The Bertz CT molecular complexity index is 1120. The van der Waals surface area contributed by atoms with Gasteiger partial charge in [0.15, 0.2) is 0 Å². The Balaban J connectivity index is 1.44. The number of nitrogens with zero attached hydrogens (tertiary/aromatic N) is 3. The molecule has 8 heteroatoms. The van der Waals surface area contributed by atoms with Gasteiger partial charge in [-0.1, -0.05) is 12.1 Å². The molecule has 0 spiro atoms. The Morgan fingerprint density at radius 2 is 1.84 bits per heavy atom. The number of benzene rings is 2. The topological polar surface area (TPSA) is 106 Å². The Labute approximate surface area is 186 Å². The highest BCUT2D eigenvalue weighted by molar-refractivity contribution is 6.10. The van der Waals surface area contributed by atoms with Gasteiger partial charge in [-0.05, 0) is 68.1 Å². The summed E-state index contributed by atoms with van der Waals surface area (Å²) in [6.45, 7) is 5.20. The van der Waals surface area contributed by atoms with Crippen LogP contribution < -0.4 is 15.5 Å². The molecule has 32 heavy (non-hydrogen) atoms. The molecule has 0 radical (unpaired) electrons. The monoisotopic (exact) mass is 431 g/mol. The molecule has 2 saturated heterocycles. The first-order chi connectivity index (χ1) is 15.3. The first-order valence-electron chi connectivity index (χ1n) is 10.6. The Morgan fingerprint density at radius 3 is 2.47 bits per heavy atom. The van der Waals surface area contributed by atoms with Crippen molar-refractivity contribution in [2.24, 2.45) is 0 Å². The fourth-order valence-corrected chi connectivity index (χ4v) is 4.21. The second kappa shape index (κ2) is 8.35. The van der Waals surface area contributed by atoms with E-state index in [1.54, 1.807) is 31.2 Å². The average Bonchev–Trinajstić information content (AvgIpc) is 3.39. The number of nitriles is 1. The smallest absolute Gasteiger partial charge is 0.325 e. The van der Waals surface area contributed by atoms with Gasteiger partial charge in [0.1, 0.15) is 12.1 Å². The van der Waals surface area contributed by atoms with E-state index in [0.29, 0.717) is 16.8 Å². The van der Waals surface area contributed by atoms with E-state index in [1.165, 1.54) is 12.8 Å². The molecule has 0 aromatic heterocycles. The molecule has 8 nitrogen and oxygen atoms in total. The van der Waals surface area contributed by atoms with Crippen LogP contribution in [-0.4, -0.2) is 42.4 Å². The van der Waals surface area contributed by atoms with Crippen molar-refractivity contribution in [3.63, 3.8) is 0 Å². The van der Waals surface area contributed by atoms with Crippen molar-refractivity contribution in [2.75, 3.05) is 29.9 Å². The van der Waals surface area contributed by atoms with E-state index in [-0.39, 0.29) is 6.54 Å². The number of amides is 4. The number of hydrogen-bond acceptors (Lipinski definition) is 5. The van der Waals surface area contributed by atoms with Crippen molar-refractivity contribution < 1.29 is 14.4 Å². The molecular formula is C24H25N5O3.